The number of benzene rings is 1. The van der Waals surface area contributed by atoms with Crippen LogP contribution in [0.5, 0.6) is 0 Å². The van der Waals surface area contributed by atoms with Gasteiger partial charge in [-0.25, -0.2) is 4.79 Å². The van der Waals surface area contributed by atoms with Gasteiger partial charge in [0, 0.05) is 15.2 Å². The molecular formula is C14H18INO3. The second kappa shape index (κ2) is 6.36. The van der Waals surface area contributed by atoms with Gasteiger partial charge in [-0.1, -0.05) is 32.9 Å². The number of hydrogen-bond acceptors (Lipinski definition) is 2. The Morgan fingerprint density at radius 1 is 1.47 bits per heavy atom. The van der Waals surface area contributed by atoms with E-state index in [-0.39, 0.29) is 11.5 Å². The van der Waals surface area contributed by atoms with Crippen molar-refractivity contribution >= 4 is 35.0 Å². The van der Waals surface area contributed by atoms with E-state index in [4.69, 9.17) is 5.11 Å². The lowest BCUT2D eigenvalue weighted by Gasteiger charge is -2.31. The van der Waals surface area contributed by atoms with Gasteiger partial charge in [-0.15, -0.1) is 0 Å². The monoisotopic (exact) mass is 375 g/mol. The van der Waals surface area contributed by atoms with Gasteiger partial charge in [0.2, 0.25) is 0 Å². The van der Waals surface area contributed by atoms with Gasteiger partial charge in [0.25, 0.3) is 0 Å². The molecule has 0 spiro atoms. The van der Waals surface area contributed by atoms with Crippen molar-refractivity contribution in [3.8, 4) is 0 Å². The minimum Gasteiger partial charge on any atom is -0.465 e. The van der Waals surface area contributed by atoms with E-state index < -0.39 is 6.09 Å². The van der Waals surface area contributed by atoms with E-state index in [1.807, 2.05) is 32.9 Å². The van der Waals surface area contributed by atoms with Crippen LogP contribution in [-0.2, 0) is 6.42 Å². The third-order valence-electron chi connectivity index (χ3n) is 2.98. The highest BCUT2D eigenvalue weighted by Gasteiger charge is 2.26. The lowest BCUT2D eigenvalue weighted by atomic mass is 9.83. The topological polar surface area (TPSA) is 66.4 Å². The van der Waals surface area contributed by atoms with Gasteiger partial charge >= 0.3 is 6.09 Å². The van der Waals surface area contributed by atoms with Crippen LogP contribution in [0.3, 0.4) is 0 Å². The third-order valence-corrected chi connectivity index (χ3v) is 3.98. The van der Waals surface area contributed by atoms with Gasteiger partial charge in [-0.05, 0) is 46.1 Å². The van der Waals surface area contributed by atoms with Crippen molar-refractivity contribution < 1.29 is 14.7 Å². The molecule has 1 atom stereocenters. The van der Waals surface area contributed by atoms with Crippen LogP contribution >= 0.6 is 22.6 Å². The number of amides is 1. The van der Waals surface area contributed by atoms with E-state index in [0.29, 0.717) is 12.0 Å². The van der Waals surface area contributed by atoms with E-state index >= 15 is 0 Å². The molecular weight excluding hydrogens is 357 g/mol. The predicted octanol–water partition coefficient (Wildman–Crippen LogP) is 3.33. The van der Waals surface area contributed by atoms with Crippen LogP contribution in [0.2, 0.25) is 0 Å². The highest BCUT2D eigenvalue weighted by Crippen LogP contribution is 2.25. The first kappa shape index (κ1) is 15.9. The second-order valence-corrected chi connectivity index (χ2v) is 6.70. The van der Waals surface area contributed by atoms with Gasteiger partial charge in [-0.2, -0.15) is 0 Å². The van der Waals surface area contributed by atoms with E-state index in [9.17, 15) is 9.59 Å². The Hall–Kier alpha value is -1.11. The Morgan fingerprint density at radius 3 is 2.53 bits per heavy atom. The average Bonchev–Trinajstić information content (AvgIpc) is 2.28. The molecule has 1 aromatic carbocycles. The molecule has 1 amide bonds. The molecule has 19 heavy (non-hydrogen) atoms. The summed E-state index contributed by atoms with van der Waals surface area (Å²) in [5, 5.41) is 11.5. The minimum atomic E-state index is -1.01. The Balaban J connectivity index is 2.96. The van der Waals surface area contributed by atoms with Crippen LogP contribution in [-0.4, -0.2) is 23.5 Å². The van der Waals surface area contributed by atoms with Crippen LogP contribution in [0.15, 0.2) is 18.2 Å². The first-order valence-electron chi connectivity index (χ1n) is 5.97. The van der Waals surface area contributed by atoms with Crippen LogP contribution in [0.1, 0.15) is 36.7 Å². The number of rotatable bonds is 4. The molecule has 104 valence electrons. The molecule has 2 N–H and O–H groups in total. The average molecular weight is 375 g/mol. The van der Waals surface area contributed by atoms with Crippen molar-refractivity contribution in [3.05, 3.63) is 32.9 Å². The zero-order valence-electron chi connectivity index (χ0n) is 11.2. The standard InChI is InChI=1S/C14H18INO3/c1-14(2,3)12(16-13(18)19)7-10-5-4-9(8-17)6-11(10)15/h4-6,8,12,16H,7H2,1-3H3,(H,18,19). The van der Waals surface area contributed by atoms with Crippen molar-refractivity contribution in [2.75, 3.05) is 0 Å². The Bertz CT molecular complexity index is 480. The van der Waals surface area contributed by atoms with Crippen molar-refractivity contribution in [1.82, 2.24) is 5.32 Å². The summed E-state index contributed by atoms with van der Waals surface area (Å²) in [6.45, 7) is 6.00. The lowest BCUT2D eigenvalue weighted by molar-refractivity contribution is 0.112. The van der Waals surface area contributed by atoms with E-state index in [1.54, 1.807) is 6.07 Å². The molecule has 0 bridgehead atoms. The van der Waals surface area contributed by atoms with Crippen molar-refractivity contribution in [3.63, 3.8) is 0 Å². The quantitative estimate of drug-likeness (QED) is 0.627. The SMILES string of the molecule is CC(C)(C)C(Cc1ccc(C=O)cc1I)NC(=O)O. The number of aldehydes is 1. The molecule has 0 aliphatic rings. The van der Waals surface area contributed by atoms with Crippen molar-refractivity contribution in [2.24, 2.45) is 5.41 Å². The van der Waals surface area contributed by atoms with Gasteiger partial charge in [0.05, 0.1) is 0 Å². The van der Waals surface area contributed by atoms with E-state index in [2.05, 4.69) is 27.9 Å². The molecule has 5 heteroatoms. The highest BCUT2D eigenvalue weighted by molar-refractivity contribution is 14.1. The van der Waals surface area contributed by atoms with Gasteiger partial charge in [0.15, 0.2) is 0 Å². The van der Waals surface area contributed by atoms with Crippen LogP contribution in [0, 0.1) is 8.99 Å². The Morgan fingerprint density at radius 2 is 2.11 bits per heavy atom. The summed E-state index contributed by atoms with van der Waals surface area (Å²) in [6, 6.07) is 5.27. The molecule has 0 saturated heterocycles. The van der Waals surface area contributed by atoms with Gasteiger partial charge in [0.1, 0.15) is 6.29 Å². The maximum absolute atomic E-state index is 10.9. The van der Waals surface area contributed by atoms with Crippen molar-refractivity contribution in [1.29, 1.82) is 0 Å². The van der Waals surface area contributed by atoms with Gasteiger partial charge < -0.3 is 10.4 Å². The Labute approximate surface area is 126 Å². The van der Waals surface area contributed by atoms with Crippen molar-refractivity contribution in [2.45, 2.75) is 33.2 Å². The summed E-state index contributed by atoms with van der Waals surface area (Å²) >= 11 is 2.17. The number of halogens is 1. The van der Waals surface area contributed by atoms with Gasteiger partial charge in [-0.3, -0.25) is 4.79 Å². The third kappa shape index (κ3) is 4.81. The first-order valence-corrected chi connectivity index (χ1v) is 7.05. The summed E-state index contributed by atoms with van der Waals surface area (Å²) in [7, 11) is 0. The maximum Gasteiger partial charge on any atom is 0.404 e. The molecule has 0 saturated carbocycles. The molecule has 1 aromatic rings. The molecule has 0 heterocycles. The predicted molar refractivity (Wildman–Crippen MR) is 82.7 cm³/mol. The second-order valence-electron chi connectivity index (χ2n) is 5.54. The largest absolute Gasteiger partial charge is 0.465 e. The lowest BCUT2D eigenvalue weighted by Crippen LogP contribution is -2.44. The fourth-order valence-electron chi connectivity index (χ4n) is 1.75. The first-order chi connectivity index (χ1) is 8.74. The number of nitrogens with one attached hydrogen (secondary N) is 1. The Kier molecular flexibility index (Phi) is 5.34. The maximum atomic E-state index is 10.9. The zero-order valence-corrected chi connectivity index (χ0v) is 13.4. The molecule has 0 aliphatic carbocycles. The fourth-order valence-corrected chi connectivity index (χ4v) is 2.50. The molecule has 0 aromatic heterocycles. The summed E-state index contributed by atoms with van der Waals surface area (Å²) in [5.41, 5.74) is 1.50. The number of hydrogen-bond donors (Lipinski definition) is 2. The molecule has 4 nitrogen and oxygen atoms in total. The van der Waals surface area contributed by atoms with E-state index in [0.717, 1.165) is 15.4 Å². The molecule has 1 unspecified atom stereocenters. The fraction of sp³-hybridized carbons (Fsp3) is 0.429. The normalized spacial score (nSPS) is 12.8. The van der Waals surface area contributed by atoms with Crippen LogP contribution < -0.4 is 5.32 Å². The summed E-state index contributed by atoms with van der Waals surface area (Å²) in [5.74, 6) is 0. The number of carbonyl (C=O) groups excluding carboxylic acids is 1. The van der Waals surface area contributed by atoms with E-state index in [1.165, 1.54) is 0 Å². The molecule has 0 fully saturated rings. The summed E-state index contributed by atoms with van der Waals surface area (Å²) in [6.07, 6.45) is 0.398. The number of carboxylic acid groups (broad SMARTS) is 1. The van der Waals surface area contributed by atoms with Crippen LogP contribution in [0.4, 0.5) is 4.79 Å². The zero-order chi connectivity index (χ0) is 14.6. The molecule has 0 radical (unpaired) electrons. The van der Waals surface area contributed by atoms with Crippen LogP contribution in [0.25, 0.3) is 0 Å². The summed E-state index contributed by atoms with van der Waals surface area (Å²) in [4.78, 5) is 21.6. The number of carbonyl (C=O) groups is 2. The smallest absolute Gasteiger partial charge is 0.404 e. The molecule has 0 aliphatic heterocycles. The highest BCUT2D eigenvalue weighted by atomic mass is 127. The summed E-state index contributed by atoms with van der Waals surface area (Å²) < 4.78 is 0.976. The molecule has 1 rings (SSSR count). The minimum absolute atomic E-state index is 0.176.